The fourth-order valence-electron chi connectivity index (χ4n) is 2.39. The third kappa shape index (κ3) is 3.50. The molecule has 0 saturated carbocycles. The minimum Gasteiger partial charge on any atom is -0.399 e. The largest absolute Gasteiger partial charge is 0.399 e. The molecule has 1 aromatic carbocycles. The van der Waals surface area contributed by atoms with Crippen LogP contribution < -0.4 is 11.1 Å². The molecule has 2 rings (SSSR count). The predicted octanol–water partition coefficient (Wildman–Crippen LogP) is 1.32. The highest BCUT2D eigenvalue weighted by Gasteiger charge is 2.17. The lowest BCUT2D eigenvalue weighted by Gasteiger charge is -2.15. The molecular formula is C15H21N3O2. The highest BCUT2D eigenvalue weighted by atomic mass is 16.2. The van der Waals surface area contributed by atoms with E-state index >= 15 is 0 Å². The van der Waals surface area contributed by atoms with Gasteiger partial charge in [-0.25, -0.2) is 0 Å². The Bertz CT molecular complexity index is 508. The fraction of sp³-hybridized carbons (Fsp3) is 0.467. The Morgan fingerprint density at radius 1 is 1.30 bits per heavy atom. The Hall–Kier alpha value is -2.04. The zero-order valence-corrected chi connectivity index (χ0v) is 11.8. The van der Waals surface area contributed by atoms with Crippen LogP contribution in [0.4, 0.5) is 5.69 Å². The second-order valence-corrected chi connectivity index (χ2v) is 5.17. The molecule has 0 radical (unpaired) electrons. The van der Waals surface area contributed by atoms with Gasteiger partial charge < -0.3 is 16.0 Å². The summed E-state index contributed by atoms with van der Waals surface area (Å²) in [5.74, 6) is -0.0591. The van der Waals surface area contributed by atoms with E-state index in [1.54, 1.807) is 12.1 Å². The van der Waals surface area contributed by atoms with Gasteiger partial charge in [-0.3, -0.25) is 9.59 Å². The number of carbonyl (C=O) groups is 2. The molecule has 1 aliphatic heterocycles. The van der Waals surface area contributed by atoms with Gasteiger partial charge in [-0.05, 0) is 37.5 Å². The molecule has 108 valence electrons. The van der Waals surface area contributed by atoms with E-state index in [4.69, 9.17) is 5.73 Å². The first-order chi connectivity index (χ1) is 9.58. The summed E-state index contributed by atoms with van der Waals surface area (Å²) in [6, 6.07) is 5.25. The van der Waals surface area contributed by atoms with E-state index in [0.717, 1.165) is 31.5 Å². The van der Waals surface area contributed by atoms with E-state index < -0.39 is 0 Å². The molecule has 5 nitrogen and oxygen atoms in total. The molecule has 0 unspecified atom stereocenters. The molecule has 0 atom stereocenters. The number of nitrogens with two attached hydrogens (primary N) is 1. The number of nitrogens with zero attached hydrogens (tertiary/aromatic N) is 1. The molecule has 1 heterocycles. The number of anilines is 1. The van der Waals surface area contributed by atoms with Crippen molar-refractivity contribution in [1.29, 1.82) is 0 Å². The molecule has 0 bridgehead atoms. The molecule has 5 heteroatoms. The van der Waals surface area contributed by atoms with Crippen molar-refractivity contribution in [2.45, 2.75) is 26.2 Å². The molecule has 1 aromatic rings. The maximum atomic E-state index is 12.0. The van der Waals surface area contributed by atoms with Gasteiger partial charge in [0, 0.05) is 37.3 Å². The fourth-order valence-corrected chi connectivity index (χ4v) is 2.39. The number of nitrogen functional groups attached to an aromatic ring is 1. The van der Waals surface area contributed by atoms with Crippen LogP contribution >= 0.6 is 0 Å². The number of nitrogens with one attached hydrogen (secondary N) is 1. The molecule has 0 aromatic heterocycles. The van der Waals surface area contributed by atoms with Gasteiger partial charge in [-0.15, -0.1) is 0 Å². The molecule has 2 amide bonds. The van der Waals surface area contributed by atoms with E-state index in [1.807, 2.05) is 17.9 Å². The average Bonchev–Trinajstić information content (AvgIpc) is 2.95. The number of hydrogen-bond acceptors (Lipinski definition) is 3. The van der Waals surface area contributed by atoms with E-state index in [2.05, 4.69) is 5.32 Å². The van der Waals surface area contributed by atoms with Crippen molar-refractivity contribution >= 4 is 17.5 Å². The molecule has 0 aliphatic carbocycles. The minimum absolute atomic E-state index is 0.118. The van der Waals surface area contributed by atoms with Crippen molar-refractivity contribution in [1.82, 2.24) is 10.2 Å². The number of rotatable bonds is 4. The molecule has 1 fully saturated rings. The lowest BCUT2D eigenvalue weighted by Crippen LogP contribution is -2.32. The quantitative estimate of drug-likeness (QED) is 0.814. The van der Waals surface area contributed by atoms with Crippen molar-refractivity contribution in [3.8, 4) is 0 Å². The third-order valence-corrected chi connectivity index (χ3v) is 3.59. The summed E-state index contributed by atoms with van der Waals surface area (Å²) >= 11 is 0. The van der Waals surface area contributed by atoms with Crippen LogP contribution in [0, 0.1) is 6.92 Å². The number of benzene rings is 1. The number of aryl methyl sites for hydroxylation is 1. The summed E-state index contributed by atoms with van der Waals surface area (Å²) in [5.41, 5.74) is 7.69. The van der Waals surface area contributed by atoms with Crippen LogP contribution in [-0.2, 0) is 4.79 Å². The van der Waals surface area contributed by atoms with Crippen LogP contribution in [0.15, 0.2) is 18.2 Å². The molecule has 3 N–H and O–H groups in total. The summed E-state index contributed by atoms with van der Waals surface area (Å²) in [7, 11) is 0. The van der Waals surface area contributed by atoms with E-state index in [1.165, 1.54) is 0 Å². The number of carbonyl (C=O) groups excluding carboxylic acids is 2. The normalized spacial score (nSPS) is 14.3. The second-order valence-electron chi connectivity index (χ2n) is 5.17. The SMILES string of the molecule is Cc1ccc(N)cc1C(=O)NCCC(=O)N1CCCC1. The van der Waals surface area contributed by atoms with E-state index in [9.17, 15) is 9.59 Å². The van der Waals surface area contributed by atoms with Gasteiger partial charge in [0.25, 0.3) is 5.91 Å². The Labute approximate surface area is 119 Å². The van der Waals surface area contributed by atoms with Crippen LogP contribution in [-0.4, -0.2) is 36.3 Å². The first-order valence-corrected chi connectivity index (χ1v) is 7.00. The predicted molar refractivity (Wildman–Crippen MR) is 78.4 cm³/mol. The first-order valence-electron chi connectivity index (χ1n) is 7.00. The minimum atomic E-state index is -0.177. The lowest BCUT2D eigenvalue weighted by molar-refractivity contribution is -0.129. The summed E-state index contributed by atoms with van der Waals surface area (Å²) in [6.45, 7) is 3.92. The van der Waals surface area contributed by atoms with E-state index in [0.29, 0.717) is 24.2 Å². The van der Waals surface area contributed by atoms with Gasteiger partial charge in [0.05, 0.1) is 0 Å². The Balaban J connectivity index is 1.83. The molecule has 0 spiro atoms. The van der Waals surface area contributed by atoms with Gasteiger partial charge in [0.1, 0.15) is 0 Å². The van der Waals surface area contributed by atoms with Gasteiger partial charge >= 0.3 is 0 Å². The van der Waals surface area contributed by atoms with Crippen molar-refractivity contribution in [3.05, 3.63) is 29.3 Å². The summed E-state index contributed by atoms with van der Waals surface area (Å²) in [6.07, 6.45) is 2.52. The summed E-state index contributed by atoms with van der Waals surface area (Å²) in [4.78, 5) is 25.7. The number of hydrogen-bond donors (Lipinski definition) is 2. The van der Waals surface area contributed by atoms with Gasteiger partial charge in [-0.1, -0.05) is 6.07 Å². The van der Waals surface area contributed by atoms with Crippen LogP contribution in [0.25, 0.3) is 0 Å². The van der Waals surface area contributed by atoms with Crippen LogP contribution in [0.1, 0.15) is 35.2 Å². The average molecular weight is 275 g/mol. The maximum Gasteiger partial charge on any atom is 0.251 e. The molecule has 1 aliphatic rings. The zero-order chi connectivity index (χ0) is 14.5. The Kier molecular flexibility index (Phi) is 4.61. The van der Waals surface area contributed by atoms with Crippen LogP contribution in [0.3, 0.4) is 0 Å². The van der Waals surface area contributed by atoms with Crippen LogP contribution in [0.5, 0.6) is 0 Å². The zero-order valence-electron chi connectivity index (χ0n) is 11.8. The van der Waals surface area contributed by atoms with Gasteiger partial charge in [0.2, 0.25) is 5.91 Å². The third-order valence-electron chi connectivity index (χ3n) is 3.59. The Morgan fingerprint density at radius 3 is 2.70 bits per heavy atom. The van der Waals surface area contributed by atoms with Crippen LogP contribution in [0.2, 0.25) is 0 Å². The van der Waals surface area contributed by atoms with Crippen molar-refractivity contribution in [2.24, 2.45) is 0 Å². The van der Waals surface area contributed by atoms with Gasteiger partial charge in [0.15, 0.2) is 0 Å². The lowest BCUT2D eigenvalue weighted by atomic mass is 10.1. The van der Waals surface area contributed by atoms with Crippen molar-refractivity contribution < 1.29 is 9.59 Å². The van der Waals surface area contributed by atoms with Gasteiger partial charge in [-0.2, -0.15) is 0 Å². The molecule has 20 heavy (non-hydrogen) atoms. The van der Waals surface area contributed by atoms with Crippen molar-refractivity contribution in [3.63, 3.8) is 0 Å². The number of amides is 2. The smallest absolute Gasteiger partial charge is 0.251 e. The summed E-state index contributed by atoms with van der Waals surface area (Å²) < 4.78 is 0. The highest BCUT2D eigenvalue weighted by molar-refractivity contribution is 5.96. The standard InChI is InChI=1S/C15H21N3O2/c1-11-4-5-12(16)10-13(11)15(20)17-7-6-14(19)18-8-2-3-9-18/h4-5,10H,2-3,6-9,16H2,1H3,(H,17,20). The monoisotopic (exact) mass is 275 g/mol. The Morgan fingerprint density at radius 2 is 2.00 bits per heavy atom. The second kappa shape index (κ2) is 6.41. The maximum absolute atomic E-state index is 12.0. The van der Waals surface area contributed by atoms with Crippen molar-refractivity contribution in [2.75, 3.05) is 25.4 Å². The summed E-state index contributed by atoms with van der Waals surface area (Å²) in [5, 5.41) is 2.78. The highest BCUT2D eigenvalue weighted by Crippen LogP contribution is 2.12. The van der Waals surface area contributed by atoms with E-state index in [-0.39, 0.29) is 11.8 Å². The topological polar surface area (TPSA) is 75.4 Å². The number of likely N-dealkylation sites (tertiary alicyclic amines) is 1. The molecule has 1 saturated heterocycles. The molecular weight excluding hydrogens is 254 g/mol. The first kappa shape index (κ1) is 14.4.